The highest BCUT2D eigenvalue weighted by molar-refractivity contribution is 7.94. The first-order valence-corrected chi connectivity index (χ1v) is 10.6. The van der Waals surface area contributed by atoms with E-state index in [0.29, 0.717) is 43.1 Å². The maximum atomic E-state index is 13.4. The summed E-state index contributed by atoms with van der Waals surface area (Å²) in [6.45, 7) is 1.05. The molecule has 7 nitrogen and oxygen atoms in total. The number of nitrogens with one attached hydrogen (secondary N) is 1. The molecule has 1 N–H and O–H groups in total. The Morgan fingerprint density at radius 3 is 2.32 bits per heavy atom. The standard InChI is InChI=1S/C20H23N3O4S/c1-22-17-9-8-16(14-18(17)23(2)28(22,25)26)21-19(24)20(10-12-27-13-11-20)15-6-4-3-5-7-15/h3-9,14H,10-13H2,1-2H3,(H,21,24). The SMILES string of the molecule is CN1c2ccc(NC(=O)C3(c4ccccc4)CCOCC3)cc2N(C)S1(=O)=O. The lowest BCUT2D eigenvalue weighted by molar-refractivity contribution is -0.125. The smallest absolute Gasteiger partial charge is 0.326 e. The number of carbonyl (C=O) groups is 1. The molecule has 0 bridgehead atoms. The Morgan fingerprint density at radius 2 is 1.64 bits per heavy atom. The minimum absolute atomic E-state index is 0.0983. The maximum Gasteiger partial charge on any atom is 0.326 e. The summed E-state index contributed by atoms with van der Waals surface area (Å²) in [6, 6.07) is 14.9. The minimum Gasteiger partial charge on any atom is -0.381 e. The molecule has 8 heteroatoms. The summed E-state index contributed by atoms with van der Waals surface area (Å²) in [5, 5.41) is 3.01. The van der Waals surface area contributed by atoms with E-state index in [9.17, 15) is 13.2 Å². The molecular formula is C20H23N3O4S. The lowest BCUT2D eigenvalue weighted by atomic mass is 9.73. The van der Waals surface area contributed by atoms with Crippen LogP contribution in [0.1, 0.15) is 18.4 Å². The molecule has 0 atom stereocenters. The van der Waals surface area contributed by atoms with Gasteiger partial charge in [0.2, 0.25) is 5.91 Å². The average molecular weight is 401 g/mol. The number of benzene rings is 2. The molecule has 0 radical (unpaired) electrons. The summed E-state index contributed by atoms with van der Waals surface area (Å²) in [5.74, 6) is -0.0983. The molecule has 2 aliphatic rings. The molecule has 2 heterocycles. The van der Waals surface area contributed by atoms with Gasteiger partial charge in [0.05, 0.1) is 16.8 Å². The third-order valence-corrected chi connectivity index (χ3v) is 7.49. The van der Waals surface area contributed by atoms with Crippen molar-refractivity contribution in [1.29, 1.82) is 0 Å². The van der Waals surface area contributed by atoms with Crippen molar-refractivity contribution in [2.24, 2.45) is 0 Å². The van der Waals surface area contributed by atoms with Crippen LogP contribution in [-0.4, -0.2) is 41.6 Å². The largest absolute Gasteiger partial charge is 0.381 e. The molecule has 1 fully saturated rings. The molecule has 28 heavy (non-hydrogen) atoms. The molecule has 1 amide bonds. The van der Waals surface area contributed by atoms with Gasteiger partial charge in [-0.05, 0) is 36.6 Å². The summed E-state index contributed by atoms with van der Waals surface area (Å²) in [6.07, 6.45) is 1.20. The van der Waals surface area contributed by atoms with Crippen molar-refractivity contribution in [3.05, 3.63) is 54.1 Å². The lowest BCUT2D eigenvalue weighted by Crippen LogP contribution is -2.44. The van der Waals surface area contributed by atoms with Gasteiger partial charge in [-0.2, -0.15) is 8.42 Å². The van der Waals surface area contributed by atoms with Crippen LogP contribution in [0.5, 0.6) is 0 Å². The summed E-state index contributed by atoms with van der Waals surface area (Å²) in [7, 11) is -0.523. The van der Waals surface area contributed by atoms with E-state index in [4.69, 9.17) is 4.74 Å². The molecule has 0 unspecified atom stereocenters. The summed E-state index contributed by atoms with van der Waals surface area (Å²) in [5.41, 5.74) is 2.01. The van der Waals surface area contributed by atoms with Crippen molar-refractivity contribution in [3.63, 3.8) is 0 Å². The van der Waals surface area contributed by atoms with Gasteiger partial charge in [0.25, 0.3) is 0 Å². The van der Waals surface area contributed by atoms with Gasteiger partial charge in [0.15, 0.2) is 0 Å². The number of nitrogens with zero attached hydrogens (tertiary/aromatic N) is 2. The van der Waals surface area contributed by atoms with Crippen LogP contribution in [-0.2, 0) is 25.2 Å². The number of anilines is 3. The van der Waals surface area contributed by atoms with Crippen molar-refractivity contribution in [3.8, 4) is 0 Å². The Morgan fingerprint density at radius 1 is 1.00 bits per heavy atom. The second kappa shape index (κ2) is 6.79. The van der Waals surface area contributed by atoms with Crippen LogP contribution in [0.25, 0.3) is 0 Å². The van der Waals surface area contributed by atoms with E-state index in [2.05, 4.69) is 5.32 Å². The van der Waals surface area contributed by atoms with E-state index in [-0.39, 0.29) is 5.91 Å². The zero-order valence-corrected chi connectivity index (χ0v) is 16.7. The molecular weight excluding hydrogens is 378 g/mol. The molecule has 2 aromatic carbocycles. The van der Waals surface area contributed by atoms with Gasteiger partial charge in [0.1, 0.15) is 0 Å². The molecule has 1 saturated heterocycles. The first-order valence-electron chi connectivity index (χ1n) is 9.18. The van der Waals surface area contributed by atoms with E-state index in [1.165, 1.54) is 22.7 Å². The second-order valence-corrected chi connectivity index (χ2v) is 9.15. The molecule has 0 spiro atoms. The third-order valence-electron chi connectivity index (χ3n) is 5.71. The fourth-order valence-corrected chi connectivity index (χ4v) is 5.09. The van der Waals surface area contributed by atoms with Gasteiger partial charge < -0.3 is 10.1 Å². The molecule has 0 aromatic heterocycles. The lowest BCUT2D eigenvalue weighted by Gasteiger charge is -2.36. The molecule has 2 aromatic rings. The van der Waals surface area contributed by atoms with Crippen molar-refractivity contribution in [1.82, 2.24) is 0 Å². The number of ether oxygens (including phenoxy) is 1. The highest BCUT2D eigenvalue weighted by Gasteiger charge is 2.42. The zero-order chi connectivity index (χ0) is 19.9. The van der Waals surface area contributed by atoms with Crippen LogP contribution in [0.15, 0.2) is 48.5 Å². The number of fused-ring (bicyclic) bond motifs is 1. The monoisotopic (exact) mass is 401 g/mol. The van der Waals surface area contributed by atoms with Gasteiger partial charge in [-0.15, -0.1) is 0 Å². The highest BCUT2D eigenvalue weighted by Crippen LogP contribution is 2.41. The molecule has 4 rings (SSSR count). The van der Waals surface area contributed by atoms with E-state index < -0.39 is 15.6 Å². The number of amides is 1. The van der Waals surface area contributed by atoms with E-state index in [1.807, 2.05) is 30.3 Å². The Kier molecular flexibility index (Phi) is 4.55. The van der Waals surface area contributed by atoms with Crippen LogP contribution < -0.4 is 13.9 Å². The molecule has 2 aliphatic heterocycles. The van der Waals surface area contributed by atoms with E-state index in [0.717, 1.165) is 5.56 Å². The van der Waals surface area contributed by atoms with Crippen molar-refractivity contribution in [2.75, 3.05) is 41.2 Å². The van der Waals surface area contributed by atoms with Gasteiger partial charge >= 0.3 is 10.2 Å². The van der Waals surface area contributed by atoms with Crippen LogP contribution in [0.3, 0.4) is 0 Å². The van der Waals surface area contributed by atoms with Gasteiger partial charge in [-0.3, -0.25) is 13.4 Å². The quantitative estimate of drug-likeness (QED) is 0.857. The Labute approximate surface area is 165 Å². The summed E-state index contributed by atoms with van der Waals surface area (Å²) < 4.78 is 32.6. The van der Waals surface area contributed by atoms with Crippen molar-refractivity contribution >= 4 is 33.2 Å². The van der Waals surface area contributed by atoms with Gasteiger partial charge in [0, 0.05) is 33.0 Å². The fourth-order valence-electron chi connectivity index (χ4n) is 3.93. The number of carbonyl (C=O) groups excluding carboxylic acids is 1. The number of hydrogen-bond acceptors (Lipinski definition) is 4. The van der Waals surface area contributed by atoms with Crippen molar-refractivity contribution in [2.45, 2.75) is 18.3 Å². The molecule has 0 saturated carbocycles. The van der Waals surface area contributed by atoms with Crippen LogP contribution in [0.2, 0.25) is 0 Å². The Hall–Kier alpha value is -2.58. The normalized spacial score (nSPS) is 19.9. The Bertz CT molecular complexity index is 1000. The number of hydrogen-bond donors (Lipinski definition) is 1. The maximum absolute atomic E-state index is 13.4. The predicted octanol–water partition coefficient (Wildman–Crippen LogP) is 2.50. The molecule has 0 aliphatic carbocycles. The second-order valence-electron chi connectivity index (χ2n) is 7.16. The predicted molar refractivity (Wildman–Crippen MR) is 109 cm³/mol. The minimum atomic E-state index is -3.55. The van der Waals surface area contributed by atoms with E-state index >= 15 is 0 Å². The van der Waals surface area contributed by atoms with Crippen molar-refractivity contribution < 1.29 is 17.9 Å². The van der Waals surface area contributed by atoms with Crippen LogP contribution >= 0.6 is 0 Å². The topological polar surface area (TPSA) is 79.0 Å². The highest BCUT2D eigenvalue weighted by atomic mass is 32.2. The number of rotatable bonds is 3. The zero-order valence-electron chi connectivity index (χ0n) is 15.9. The fraction of sp³-hybridized carbons (Fsp3) is 0.350. The van der Waals surface area contributed by atoms with Crippen LogP contribution in [0.4, 0.5) is 17.1 Å². The van der Waals surface area contributed by atoms with Crippen LogP contribution in [0, 0.1) is 0 Å². The van der Waals surface area contributed by atoms with E-state index in [1.54, 1.807) is 18.2 Å². The molecule has 148 valence electrons. The van der Waals surface area contributed by atoms with Gasteiger partial charge in [-0.25, -0.2) is 0 Å². The summed E-state index contributed by atoms with van der Waals surface area (Å²) in [4.78, 5) is 13.4. The van der Waals surface area contributed by atoms with Gasteiger partial charge in [-0.1, -0.05) is 30.3 Å². The Balaban J connectivity index is 1.66. The first-order chi connectivity index (χ1) is 13.4. The first kappa shape index (κ1) is 18.8. The average Bonchev–Trinajstić information content (AvgIpc) is 2.89. The third kappa shape index (κ3) is 2.84. The summed E-state index contributed by atoms with van der Waals surface area (Å²) >= 11 is 0.